The number of phenols is 1. The minimum absolute atomic E-state index is 0.0765. The van der Waals surface area contributed by atoms with Crippen molar-refractivity contribution in [1.82, 2.24) is 10.9 Å². The lowest BCUT2D eigenvalue weighted by atomic mass is 10.2. The van der Waals surface area contributed by atoms with E-state index >= 15 is 0 Å². The van der Waals surface area contributed by atoms with Gasteiger partial charge in [-0.25, -0.2) is 0 Å². The Morgan fingerprint density at radius 2 is 1.58 bits per heavy atom. The molecule has 0 spiro atoms. The van der Waals surface area contributed by atoms with Gasteiger partial charge in [0.1, 0.15) is 10.7 Å². The standard InChI is InChI=1S/C14H12N2O2S/c17-12-9-5-4-8-11(12)13(18)15-16-14(19)10-6-2-1-3-7-10/h1-9,17H,(H,15,18)(H,16,19). The number of aromatic hydroxyl groups is 1. The van der Waals surface area contributed by atoms with E-state index in [-0.39, 0.29) is 11.3 Å². The number of para-hydroxylation sites is 1. The molecule has 0 fully saturated rings. The largest absolute Gasteiger partial charge is 0.507 e. The summed E-state index contributed by atoms with van der Waals surface area (Å²) in [7, 11) is 0. The Labute approximate surface area is 116 Å². The van der Waals surface area contributed by atoms with Crippen LogP contribution in [0.25, 0.3) is 0 Å². The molecule has 0 atom stereocenters. The number of hydrazine groups is 1. The van der Waals surface area contributed by atoms with Crippen molar-refractivity contribution < 1.29 is 9.90 Å². The smallest absolute Gasteiger partial charge is 0.273 e. The SMILES string of the molecule is O=C(NNC(=S)c1ccccc1)c1ccccc1O. The van der Waals surface area contributed by atoms with Crippen LogP contribution < -0.4 is 10.9 Å². The second-order valence-electron chi connectivity index (χ2n) is 3.79. The van der Waals surface area contributed by atoms with Gasteiger partial charge in [-0.1, -0.05) is 54.7 Å². The predicted octanol–water partition coefficient (Wildman–Crippen LogP) is 2.00. The number of thiocarbonyl (C=S) groups is 1. The Bertz CT molecular complexity index is 599. The zero-order valence-electron chi connectivity index (χ0n) is 9.96. The van der Waals surface area contributed by atoms with Gasteiger partial charge in [0, 0.05) is 5.56 Å². The van der Waals surface area contributed by atoms with E-state index in [1.165, 1.54) is 12.1 Å². The number of amides is 1. The molecule has 0 saturated heterocycles. The Morgan fingerprint density at radius 3 is 2.26 bits per heavy atom. The zero-order valence-corrected chi connectivity index (χ0v) is 10.8. The van der Waals surface area contributed by atoms with Crippen molar-refractivity contribution in [2.24, 2.45) is 0 Å². The van der Waals surface area contributed by atoms with Crippen LogP contribution in [0.2, 0.25) is 0 Å². The minimum atomic E-state index is -0.448. The molecule has 0 unspecified atom stereocenters. The van der Waals surface area contributed by atoms with Crippen molar-refractivity contribution in [3.8, 4) is 5.75 Å². The molecule has 5 heteroatoms. The van der Waals surface area contributed by atoms with Gasteiger partial charge in [0.05, 0.1) is 5.56 Å². The summed E-state index contributed by atoms with van der Waals surface area (Å²) in [6.07, 6.45) is 0. The first-order valence-corrected chi connectivity index (χ1v) is 6.03. The summed E-state index contributed by atoms with van der Waals surface area (Å²) >= 11 is 5.13. The molecule has 96 valence electrons. The number of benzene rings is 2. The average Bonchev–Trinajstić information content (AvgIpc) is 2.46. The quantitative estimate of drug-likeness (QED) is 0.578. The number of carbonyl (C=O) groups excluding carboxylic acids is 1. The molecule has 2 aromatic carbocycles. The van der Waals surface area contributed by atoms with Gasteiger partial charge in [0.2, 0.25) is 0 Å². The van der Waals surface area contributed by atoms with Gasteiger partial charge in [0.15, 0.2) is 0 Å². The number of phenolic OH excluding ortho intramolecular Hbond substituents is 1. The summed E-state index contributed by atoms with van der Waals surface area (Å²) in [5.41, 5.74) is 6.08. The first-order valence-electron chi connectivity index (χ1n) is 5.62. The van der Waals surface area contributed by atoms with E-state index in [0.717, 1.165) is 5.56 Å². The fourth-order valence-electron chi connectivity index (χ4n) is 1.51. The van der Waals surface area contributed by atoms with Crippen LogP contribution in [0.1, 0.15) is 15.9 Å². The molecule has 0 aliphatic heterocycles. The Hall–Kier alpha value is -2.40. The Morgan fingerprint density at radius 1 is 0.947 bits per heavy atom. The molecule has 0 saturated carbocycles. The van der Waals surface area contributed by atoms with Crippen LogP contribution in [0.3, 0.4) is 0 Å². The van der Waals surface area contributed by atoms with Crippen LogP contribution in [-0.4, -0.2) is 16.0 Å². The molecule has 19 heavy (non-hydrogen) atoms. The molecule has 0 radical (unpaired) electrons. The van der Waals surface area contributed by atoms with E-state index in [9.17, 15) is 9.90 Å². The molecule has 0 aromatic heterocycles. The highest BCUT2D eigenvalue weighted by Gasteiger charge is 2.10. The van der Waals surface area contributed by atoms with Gasteiger partial charge in [-0.2, -0.15) is 0 Å². The second kappa shape index (κ2) is 5.97. The summed E-state index contributed by atoms with van der Waals surface area (Å²) < 4.78 is 0. The third-order valence-electron chi connectivity index (χ3n) is 2.47. The van der Waals surface area contributed by atoms with Crippen LogP contribution in [0, 0.1) is 0 Å². The molecule has 3 N–H and O–H groups in total. The molecule has 0 aliphatic rings. The Kier molecular flexibility index (Phi) is 4.10. The minimum Gasteiger partial charge on any atom is -0.507 e. The average molecular weight is 272 g/mol. The summed E-state index contributed by atoms with van der Waals surface area (Å²) in [5.74, 6) is -0.524. The van der Waals surface area contributed by atoms with E-state index < -0.39 is 5.91 Å². The highest BCUT2D eigenvalue weighted by molar-refractivity contribution is 7.80. The van der Waals surface area contributed by atoms with Crippen LogP contribution >= 0.6 is 12.2 Å². The first-order chi connectivity index (χ1) is 9.18. The second-order valence-corrected chi connectivity index (χ2v) is 4.20. The van der Waals surface area contributed by atoms with Crippen molar-refractivity contribution in [2.75, 3.05) is 0 Å². The molecule has 0 heterocycles. The van der Waals surface area contributed by atoms with Crippen LogP contribution in [0.4, 0.5) is 0 Å². The fraction of sp³-hybridized carbons (Fsp3) is 0. The fourth-order valence-corrected chi connectivity index (χ4v) is 1.70. The zero-order chi connectivity index (χ0) is 13.7. The van der Waals surface area contributed by atoms with Crippen molar-refractivity contribution in [1.29, 1.82) is 0 Å². The van der Waals surface area contributed by atoms with Crippen molar-refractivity contribution >= 4 is 23.1 Å². The highest BCUT2D eigenvalue weighted by Crippen LogP contribution is 2.14. The summed E-state index contributed by atoms with van der Waals surface area (Å²) in [6, 6.07) is 15.6. The lowest BCUT2D eigenvalue weighted by Gasteiger charge is -2.10. The molecule has 1 amide bonds. The lowest BCUT2D eigenvalue weighted by Crippen LogP contribution is -2.41. The monoisotopic (exact) mass is 272 g/mol. The topological polar surface area (TPSA) is 61.4 Å². The summed E-state index contributed by atoms with van der Waals surface area (Å²) in [4.78, 5) is 12.2. The van der Waals surface area contributed by atoms with Crippen LogP contribution in [0.15, 0.2) is 54.6 Å². The summed E-state index contributed by atoms with van der Waals surface area (Å²) in [6.45, 7) is 0. The maximum absolute atomic E-state index is 11.8. The van der Waals surface area contributed by atoms with E-state index in [1.54, 1.807) is 12.1 Å². The molecule has 4 nitrogen and oxygen atoms in total. The van der Waals surface area contributed by atoms with Crippen molar-refractivity contribution in [2.45, 2.75) is 0 Å². The van der Waals surface area contributed by atoms with Crippen LogP contribution in [0.5, 0.6) is 5.75 Å². The van der Waals surface area contributed by atoms with E-state index in [2.05, 4.69) is 10.9 Å². The van der Waals surface area contributed by atoms with Gasteiger partial charge >= 0.3 is 0 Å². The van der Waals surface area contributed by atoms with Gasteiger partial charge in [0.25, 0.3) is 5.91 Å². The molecule has 2 aromatic rings. The summed E-state index contributed by atoms with van der Waals surface area (Å²) in [5, 5.41) is 9.54. The third kappa shape index (κ3) is 3.29. The van der Waals surface area contributed by atoms with Gasteiger partial charge in [-0.3, -0.25) is 15.6 Å². The molecular formula is C14H12N2O2S. The Balaban J connectivity index is 1.98. The number of rotatable bonds is 2. The number of carbonyl (C=O) groups is 1. The van der Waals surface area contributed by atoms with Crippen molar-refractivity contribution in [3.05, 3.63) is 65.7 Å². The molecule has 2 rings (SSSR count). The van der Waals surface area contributed by atoms with Gasteiger partial charge < -0.3 is 5.11 Å². The number of nitrogens with one attached hydrogen (secondary N) is 2. The number of hydrogen-bond donors (Lipinski definition) is 3. The maximum atomic E-state index is 11.8. The molecule has 0 bridgehead atoms. The third-order valence-corrected chi connectivity index (χ3v) is 2.81. The lowest BCUT2D eigenvalue weighted by molar-refractivity contribution is 0.0941. The molecular weight excluding hydrogens is 260 g/mol. The van der Waals surface area contributed by atoms with Gasteiger partial charge in [-0.05, 0) is 12.1 Å². The normalized spacial score (nSPS) is 9.68. The number of hydrogen-bond acceptors (Lipinski definition) is 3. The maximum Gasteiger partial charge on any atom is 0.273 e. The highest BCUT2D eigenvalue weighted by atomic mass is 32.1. The van der Waals surface area contributed by atoms with Crippen LogP contribution in [-0.2, 0) is 0 Å². The van der Waals surface area contributed by atoms with E-state index in [0.29, 0.717) is 4.99 Å². The van der Waals surface area contributed by atoms with E-state index in [1.807, 2.05) is 30.3 Å². The van der Waals surface area contributed by atoms with E-state index in [4.69, 9.17) is 12.2 Å². The molecule has 0 aliphatic carbocycles. The van der Waals surface area contributed by atoms with Gasteiger partial charge in [-0.15, -0.1) is 0 Å². The predicted molar refractivity (Wildman–Crippen MR) is 76.9 cm³/mol. The van der Waals surface area contributed by atoms with Crippen molar-refractivity contribution in [3.63, 3.8) is 0 Å². The first kappa shape index (κ1) is 13.0.